The van der Waals surface area contributed by atoms with Crippen molar-refractivity contribution in [2.75, 3.05) is 14.2 Å². The van der Waals surface area contributed by atoms with Crippen molar-refractivity contribution < 1.29 is 13.9 Å². The van der Waals surface area contributed by atoms with Crippen LogP contribution in [0, 0.1) is 0 Å². The average Bonchev–Trinajstić information content (AvgIpc) is 2.88. The van der Waals surface area contributed by atoms with Gasteiger partial charge in [-0.1, -0.05) is 0 Å². The summed E-state index contributed by atoms with van der Waals surface area (Å²) in [4.78, 5) is 0. The van der Waals surface area contributed by atoms with Gasteiger partial charge in [-0.25, -0.2) is 0 Å². The molecule has 0 N–H and O–H groups in total. The van der Waals surface area contributed by atoms with E-state index in [9.17, 15) is 0 Å². The highest BCUT2D eigenvalue weighted by Crippen LogP contribution is 2.42. The Balaban J connectivity index is 2.52. The fourth-order valence-corrected chi connectivity index (χ4v) is 2.00. The lowest BCUT2D eigenvalue weighted by Crippen LogP contribution is -1.87. The molecule has 3 heteroatoms. The summed E-state index contributed by atoms with van der Waals surface area (Å²) in [5.41, 5.74) is 1.69. The van der Waals surface area contributed by atoms with Gasteiger partial charge in [-0.2, -0.15) is 0 Å². The van der Waals surface area contributed by atoms with Crippen LogP contribution in [0.25, 0.3) is 21.9 Å². The summed E-state index contributed by atoms with van der Waals surface area (Å²) >= 11 is 0. The van der Waals surface area contributed by atoms with Crippen molar-refractivity contribution in [3.63, 3.8) is 0 Å². The van der Waals surface area contributed by atoms with Crippen LogP contribution in [0.3, 0.4) is 0 Å². The van der Waals surface area contributed by atoms with Crippen LogP contribution < -0.4 is 9.47 Å². The first kappa shape index (κ1) is 8.41. The fraction of sp³-hybridized carbons (Fsp3) is 0.167. The van der Waals surface area contributed by atoms with Crippen molar-refractivity contribution in [3.05, 3.63) is 24.3 Å². The van der Waals surface area contributed by atoms with Crippen molar-refractivity contribution in [1.82, 2.24) is 0 Å². The van der Waals surface area contributed by atoms with E-state index in [2.05, 4.69) is 0 Å². The van der Waals surface area contributed by atoms with Crippen LogP contribution in [-0.4, -0.2) is 14.2 Å². The summed E-state index contributed by atoms with van der Waals surface area (Å²) in [6.45, 7) is 0. The quantitative estimate of drug-likeness (QED) is 0.640. The smallest absolute Gasteiger partial charge is 0.139 e. The van der Waals surface area contributed by atoms with Crippen LogP contribution in [0.2, 0.25) is 0 Å². The van der Waals surface area contributed by atoms with Crippen molar-refractivity contribution in [2.24, 2.45) is 0 Å². The number of hydrogen-bond donors (Lipinski definition) is 0. The largest absolute Gasteiger partial charge is 0.496 e. The fourth-order valence-electron chi connectivity index (χ4n) is 2.00. The topological polar surface area (TPSA) is 31.6 Å². The van der Waals surface area contributed by atoms with Crippen molar-refractivity contribution >= 4 is 21.9 Å². The minimum Gasteiger partial charge on any atom is -0.496 e. The molecule has 2 heterocycles. The van der Waals surface area contributed by atoms with Gasteiger partial charge in [0, 0.05) is 0 Å². The second-order valence-electron chi connectivity index (χ2n) is 3.38. The Kier molecular flexibility index (Phi) is 1.57. The zero-order valence-corrected chi connectivity index (χ0v) is 8.53. The van der Waals surface area contributed by atoms with Gasteiger partial charge in [0.1, 0.15) is 22.7 Å². The zero-order chi connectivity index (χ0) is 10.4. The van der Waals surface area contributed by atoms with E-state index in [0.29, 0.717) is 0 Å². The van der Waals surface area contributed by atoms with Crippen LogP contribution in [0.4, 0.5) is 0 Å². The summed E-state index contributed by atoms with van der Waals surface area (Å²) in [7, 11) is 3.31. The SMILES string of the molecule is COc1ccc(OC)c2c3ccc(o3)c12. The Hall–Kier alpha value is -1.90. The standard InChI is InChI=1S/C12H10O3/c1-13-7-3-4-8(14-2)12-10-6-5-9(15-10)11(7)12/h3-6H,1-2H3. The van der Waals surface area contributed by atoms with Crippen LogP contribution in [-0.2, 0) is 0 Å². The molecular weight excluding hydrogens is 192 g/mol. The normalized spacial score (nSPS) is 11.3. The predicted molar refractivity (Wildman–Crippen MR) is 58.0 cm³/mol. The summed E-state index contributed by atoms with van der Waals surface area (Å²) < 4.78 is 16.2. The summed E-state index contributed by atoms with van der Waals surface area (Å²) in [6.07, 6.45) is 0. The number of rotatable bonds is 2. The van der Waals surface area contributed by atoms with Crippen molar-refractivity contribution in [3.8, 4) is 11.5 Å². The number of benzene rings is 2. The summed E-state index contributed by atoms with van der Waals surface area (Å²) in [6, 6.07) is 7.67. The Labute approximate surface area is 86.5 Å². The van der Waals surface area contributed by atoms with E-state index in [1.165, 1.54) is 0 Å². The molecule has 0 atom stereocenters. The minimum absolute atomic E-state index is 0.820. The molecule has 0 amide bonds. The van der Waals surface area contributed by atoms with Gasteiger partial charge in [0.15, 0.2) is 0 Å². The molecule has 76 valence electrons. The average molecular weight is 202 g/mol. The third kappa shape index (κ3) is 0.947. The highest BCUT2D eigenvalue weighted by Gasteiger charge is 2.17. The number of fused-ring (bicyclic) bond motifs is 5. The first-order chi connectivity index (χ1) is 7.35. The number of methoxy groups -OCH3 is 2. The van der Waals surface area contributed by atoms with Crippen LogP contribution in [0.1, 0.15) is 0 Å². The number of ether oxygens (including phenoxy) is 2. The van der Waals surface area contributed by atoms with Gasteiger partial charge < -0.3 is 13.9 Å². The maximum absolute atomic E-state index is 5.59. The van der Waals surface area contributed by atoms with Gasteiger partial charge in [0.05, 0.1) is 25.0 Å². The highest BCUT2D eigenvalue weighted by atomic mass is 16.5. The molecule has 2 aromatic heterocycles. The molecule has 2 bridgehead atoms. The summed E-state index contributed by atoms with van der Waals surface area (Å²) in [5.74, 6) is 1.64. The first-order valence-electron chi connectivity index (χ1n) is 4.70. The lowest BCUT2D eigenvalue weighted by atomic mass is 10.1. The first-order valence-corrected chi connectivity index (χ1v) is 4.70. The van der Waals surface area contributed by atoms with E-state index in [0.717, 1.165) is 33.4 Å². The molecule has 0 aliphatic rings. The van der Waals surface area contributed by atoms with Crippen LogP contribution in [0.5, 0.6) is 11.5 Å². The molecule has 3 rings (SSSR count). The van der Waals surface area contributed by atoms with E-state index in [1.807, 2.05) is 24.3 Å². The molecule has 0 fully saturated rings. The molecule has 3 aromatic rings. The van der Waals surface area contributed by atoms with Gasteiger partial charge >= 0.3 is 0 Å². The zero-order valence-electron chi connectivity index (χ0n) is 8.53. The van der Waals surface area contributed by atoms with E-state index < -0.39 is 0 Å². The maximum Gasteiger partial charge on any atom is 0.139 e. The van der Waals surface area contributed by atoms with Crippen LogP contribution in [0.15, 0.2) is 28.7 Å². The van der Waals surface area contributed by atoms with Gasteiger partial charge in [0.25, 0.3) is 0 Å². The molecular formula is C12H10O3. The monoisotopic (exact) mass is 202 g/mol. The third-order valence-corrected chi connectivity index (χ3v) is 2.67. The van der Waals surface area contributed by atoms with Gasteiger partial charge in [-0.05, 0) is 24.3 Å². The Morgan fingerprint density at radius 2 is 1.27 bits per heavy atom. The van der Waals surface area contributed by atoms with E-state index >= 15 is 0 Å². The molecule has 0 aliphatic carbocycles. The molecule has 1 aromatic carbocycles. The maximum atomic E-state index is 5.59. The molecule has 0 aliphatic heterocycles. The predicted octanol–water partition coefficient (Wildman–Crippen LogP) is 3.04. The Morgan fingerprint density at radius 3 is 1.67 bits per heavy atom. The molecule has 0 spiro atoms. The van der Waals surface area contributed by atoms with Gasteiger partial charge in [-0.15, -0.1) is 0 Å². The Bertz CT molecular complexity index is 557. The minimum atomic E-state index is 0.820. The van der Waals surface area contributed by atoms with Crippen molar-refractivity contribution in [1.29, 1.82) is 0 Å². The molecule has 3 nitrogen and oxygen atoms in total. The van der Waals surface area contributed by atoms with E-state index in [1.54, 1.807) is 14.2 Å². The molecule has 0 saturated heterocycles. The molecule has 0 unspecified atom stereocenters. The van der Waals surface area contributed by atoms with Crippen molar-refractivity contribution in [2.45, 2.75) is 0 Å². The second-order valence-corrected chi connectivity index (χ2v) is 3.38. The van der Waals surface area contributed by atoms with Crippen LogP contribution >= 0.6 is 0 Å². The van der Waals surface area contributed by atoms with Gasteiger partial charge in [0.2, 0.25) is 0 Å². The molecule has 15 heavy (non-hydrogen) atoms. The number of hydrogen-bond acceptors (Lipinski definition) is 3. The van der Waals surface area contributed by atoms with E-state index in [4.69, 9.17) is 13.9 Å². The third-order valence-electron chi connectivity index (χ3n) is 2.67. The lowest BCUT2D eigenvalue weighted by Gasteiger charge is -2.06. The molecule has 0 saturated carbocycles. The Morgan fingerprint density at radius 1 is 0.800 bits per heavy atom. The highest BCUT2D eigenvalue weighted by molar-refractivity contribution is 6.13. The van der Waals surface area contributed by atoms with E-state index in [-0.39, 0.29) is 0 Å². The van der Waals surface area contributed by atoms with Gasteiger partial charge in [-0.3, -0.25) is 0 Å². The number of furan rings is 2. The second kappa shape index (κ2) is 2.79. The molecule has 0 radical (unpaired) electrons. The summed E-state index contributed by atoms with van der Waals surface area (Å²) in [5, 5.41) is 1.99. The lowest BCUT2D eigenvalue weighted by molar-refractivity contribution is 0.411.